The van der Waals surface area contributed by atoms with E-state index < -0.39 is 12.3 Å². The molecule has 1 fully saturated rings. The van der Waals surface area contributed by atoms with E-state index in [2.05, 4.69) is 39.0 Å². The highest BCUT2D eigenvalue weighted by Crippen LogP contribution is 2.40. The Kier molecular flexibility index (Phi) is 13.2. The van der Waals surface area contributed by atoms with Crippen molar-refractivity contribution in [3.63, 3.8) is 0 Å². The normalized spacial score (nSPS) is 17.1. The number of rotatable bonds is 17. The number of hydrogen-bond donors (Lipinski definition) is 3. The van der Waals surface area contributed by atoms with Crippen molar-refractivity contribution in [3.8, 4) is 16.8 Å². The zero-order valence-corrected chi connectivity index (χ0v) is 29.7. The van der Waals surface area contributed by atoms with Crippen molar-refractivity contribution < 1.29 is 29.3 Å². The van der Waals surface area contributed by atoms with E-state index in [9.17, 15) is 14.7 Å². The van der Waals surface area contributed by atoms with E-state index >= 15 is 0 Å². The van der Waals surface area contributed by atoms with Crippen molar-refractivity contribution in [3.05, 3.63) is 125 Å². The SMILES string of the molecule is O=C(O)CCCCCCC(=O)NCc1ccccc1-c1ccc(C2OC(CSc3nnnn3-c3ccccc3)CC(c3ccc(CO)cc3)O2)cc1. The number of carboxylic acid groups (broad SMARTS) is 1. The maximum Gasteiger partial charge on any atom is 0.303 e. The molecule has 4 aromatic carbocycles. The first kappa shape index (κ1) is 36.9. The van der Waals surface area contributed by atoms with Crippen molar-refractivity contribution in [1.82, 2.24) is 25.5 Å². The molecule has 52 heavy (non-hydrogen) atoms. The van der Waals surface area contributed by atoms with Crippen LogP contribution in [0.15, 0.2) is 108 Å². The third kappa shape index (κ3) is 10.1. The molecule has 3 atom stereocenters. The van der Waals surface area contributed by atoms with Gasteiger partial charge in [0, 0.05) is 37.1 Å². The molecule has 270 valence electrons. The van der Waals surface area contributed by atoms with Gasteiger partial charge in [-0.2, -0.15) is 4.68 Å². The fraction of sp³-hybridized carbons (Fsp3) is 0.325. The molecular formula is C40H43N5O6S. The molecule has 12 heteroatoms. The fourth-order valence-electron chi connectivity index (χ4n) is 6.16. The van der Waals surface area contributed by atoms with E-state index in [-0.39, 0.29) is 31.1 Å². The number of ether oxygens (including phenoxy) is 2. The number of tetrazole rings is 1. The minimum atomic E-state index is -0.781. The molecule has 0 spiro atoms. The quantitative estimate of drug-likeness (QED) is 0.0665. The molecule has 0 aliphatic carbocycles. The summed E-state index contributed by atoms with van der Waals surface area (Å²) >= 11 is 1.54. The van der Waals surface area contributed by atoms with Crippen LogP contribution in [-0.4, -0.2) is 54.2 Å². The number of carbonyl (C=O) groups is 2. The lowest BCUT2D eigenvalue weighted by Crippen LogP contribution is -2.31. The second kappa shape index (κ2) is 18.6. The summed E-state index contributed by atoms with van der Waals surface area (Å²) in [4.78, 5) is 23.2. The largest absolute Gasteiger partial charge is 0.481 e. The Bertz CT molecular complexity index is 1890. The van der Waals surface area contributed by atoms with Gasteiger partial charge >= 0.3 is 5.97 Å². The summed E-state index contributed by atoms with van der Waals surface area (Å²) in [6.45, 7) is 0.390. The number of aliphatic carboxylic acids is 1. The Morgan fingerprint density at radius 3 is 2.29 bits per heavy atom. The Morgan fingerprint density at radius 1 is 0.827 bits per heavy atom. The van der Waals surface area contributed by atoms with Gasteiger partial charge in [-0.3, -0.25) is 9.59 Å². The van der Waals surface area contributed by atoms with Gasteiger partial charge in [-0.05, 0) is 63.2 Å². The van der Waals surface area contributed by atoms with Gasteiger partial charge in [0.1, 0.15) is 0 Å². The van der Waals surface area contributed by atoms with Gasteiger partial charge in [0.15, 0.2) is 6.29 Å². The molecule has 0 bridgehead atoms. The van der Waals surface area contributed by atoms with Crippen molar-refractivity contribution in [2.45, 2.75) is 81.8 Å². The van der Waals surface area contributed by atoms with E-state index in [0.29, 0.717) is 36.7 Å². The number of amides is 1. The number of hydrogen-bond acceptors (Lipinski definition) is 9. The van der Waals surface area contributed by atoms with Crippen molar-refractivity contribution >= 4 is 23.6 Å². The summed E-state index contributed by atoms with van der Waals surface area (Å²) in [5.41, 5.74) is 6.68. The predicted octanol–water partition coefficient (Wildman–Crippen LogP) is 7.20. The molecule has 3 N–H and O–H groups in total. The van der Waals surface area contributed by atoms with Crippen LogP contribution in [0.5, 0.6) is 0 Å². The van der Waals surface area contributed by atoms with Crippen LogP contribution in [0.25, 0.3) is 16.8 Å². The highest BCUT2D eigenvalue weighted by molar-refractivity contribution is 7.99. The number of nitrogens with zero attached hydrogens (tertiary/aromatic N) is 4. The van der Waals surface area contributed by atoms with Crippen LogP contribution >= 0.6 is 11.8 Å². The van der Waals surface area contributed by atoms with Crippen molar-refractivity contribution in [2.75, 3.05) is 5.75 Å². The summed E-state index contributed by atoms with van der Waals surface area (Å²) < 4.78 is 14.9. The van der Waals surface area contributed by atoms with Crippen LogP contribution in [0.3, 0.4) is 0 Å². The van der Waals surface area contributed by atoms with E-state index in [1.165, 1.54) is 11.8 Å². The molecule has 1 saturated heterocycles. The lowest BCUT2D eigenvalue weighted by atomic mass is 9.97. The zero-order valence-electron chi connectivity index (χ0n) is 28.8. The summed E-state index contributed by atoms with van der Waals surface area (Å²) in [5, 5.41) is 34.4. The number of thioether (sulfide) groups is 1. The van der Waals surface area contributed by atoms with E-state index in [0.717, 1.165) is 58.3 Å². The van der Waals surface area contributed by atoms with Gasteiger partial charge in [-0.25, -0.2) is 0 Å². The first-order chi connectivity index (χ1) is 25.5. The van der Waals surface area contributed by atoms with Crippen LogP contribution < -0.4 is 5.32 Å². The van der Waals surface area contributed by atoms with Crippen LogP contribution in [0, 0.1) is 0 Å². The van der Waals surface area contributed by atoms with Gasteiger partial charge < -0.3 is 25.0 Å². The van der Waals surface area contributed by atoms with Gasteiger partial charge in [0.2, 0.25) is 11.1 Å². The molecule has 1 aliphatic rings. The third-order valence-corrected chi connectivity index (χ3v) is 10.0. The second-order valence-corrected chi connectivity index (χ2v) is 13.7. The van der Waals surface area contributed by atoms with E-state index in [4.69, 9.17) is 14.6 Å². The predicted molar refractivity (Wildman–Crippen MR) is 197 cm³/mol. The Balaban J connectivity index is 1.12. The summed E-state index contributed by atoms with van der Waals surface area (Å²) in [7, 11) is 0. The molecule has 11 nitrogen and oxygen atoms in total. The number of para-hydroxylation sites is 1. The molecule has 2 heterocycles. The number of carboxylic acids is 1. The van der Waals surface area contributed by atoms with Crippen LogP contribution in [0.4, 0.5) is 0 Å². The van der Waals surface area contributed by atoms with Gasteiger partial charge in [-0.1, -0.05) is 116 Å². The van der Waals surface area contributed by atoms with Gasteiger partial charge in [0.25, 0.3) is 0 Å². The Labute approximate surface area is 307 Å². The molecule has 6 rings (SSSR count). The highest BCUT2D eigenvalue weighted by Gasteiger charge is 2.33. The number of unbranched alkanes of at least 4 members (excludes halogenated alkanes) is 3. The molecule has 3 unspecified atom stereocenters. The standard InChI is InChI=1S/C40H43N5O6S/c46-26-28-16-18-30(19-17-28)36-24-34(27-52-40-42-43-44-45(40)33-11-4-3-5-12-33)50-39(51-36)31-22-20-29(21-23-31)35-13-9-8-10-32(35)25-41-37(47)14-6-1-2-7-15-38(48)49/h3-5,8-13,16-23,34,36,39,46H,1-2,6-7,14-15,24-27H2,(H,41,47)(H,48,49). The van der Waals surface area contributed by atoms with Crippen LogP contribution in [0.2, 0.25) is 0 Å². The fourth-order valence-corrected chi connectivity index (χ4v) is 7.07. The highest BCUT2D eigenvalue weighted by atomic mass is 32.2. The smallest absolute Gasteiger partial charge is 0.303 e. The average molecular weight is 722 g/mol. The number of nitrogens with one attached hydrogen (secondary N) is 1. The monoisotopic (exact) mass is 721 g/mol. The minimum Gasteiger partial charge on any atom is -0.481 e. The first-order valence-electron chi connectivity index (χ1n) is 17.6. The topological polar surface area (TPSA) is 149 Å². The summed E-state index contributed by atoms with van der Waals surface area (Å²) in [6.07, 6.45) is 3.24. The molecule has 1 aliphatic heterocycles. The van der Waals surface area contributed by atoms with E-state index in [1.54, 1.807) is 4.68 Å². The number of benzene rings is 4. The lowest BCUT2D eigenvalue weighted by Gasteiger charge is -2.36. The maximum atomic E-state index is 12.6. The number of carbonyl (C=O) groups excluding carboxylic acids is 1. The third-order valence-electron chi connectivity index (χ3n) is 8.99. The number of aliphatic hydroxyl groups is 1. The minimum absolute atomic E-state index is 0.0141. The molecule has 1 aromatic heterocycles. The molecule has 0 radical (unpaired) electrons. The summed E-state index contributed by atoms with van der Waals surface area (Å²) in [5.74, 6) is -0.184. The Morgan fingerprint density at radius 2 is 1.54 bits per heavy atom. The van der Waals surface area contributed by atoms with E-state index in [1.807, 2.05) is 84.9 Å². The molecule has 0 saturated carbocycles. The molecular weight excluding hydrogens is 679 g/mol. The second-order valence-electron chi connectivity index (χ2n) is 12.7. The van der Waals surface area contributed by atoms with Crippen LogP contribution in [-0.2, 0) is 32.2 Å². The lowest BCUT2D eigenvalue weighted by molar-refractivity contribution is -0.245. The van der Waals surface area contributed by atoms with Crippen LogP contribution in [0.1, 0.15) is 79.6 Å². The number of aliphatic hydroxyl groups excluding tert-OH is 1. The van der Waals surface area contributed by atoms with Gasteiger partial charge in [-0.15, -0.1) is 5.10 Å². The zero-order chi connectivity index (χ0) is 36.1. The molecule has 5 aromatic rings. The van der Waals surface area contributed by atoms with Crippen molar-refractivity contribution in [2.24, 2.45) is 0 Å². The summed E-state index contributed by atoms with van der Waals surface area (Å²) in [6, 6.07) is 33.8. The first-order valence-corrected chi connectivity index (χ1v) is 18.6. The van der Waals surface area contributed by atoms with Crippen molar-refractivity contribution in [1.29, 1.82) is 0 Å². The Hall–Kier alpha value is -4.88. The van der Waals surface area contributed by atoms with Gasteiger partial charge in [0.05, 0.1) is 24.5 Å². The molecule has 1 amide bonds. The maximum absolute atomic E-state index is 12.6. The number of aromatic nitrogens is 4. The average Bonchev–Trinajstić information content (AvgIpc) is 3.67.